The maximum atomic E-state index is 5.79. The number of hydrogen-bond donors (Lipinski definition) is 4. The van der Waals surface area contributed by atoms with Crippen molar-refractivity contribution in [1.82, 2.24) is 15.3 Å². The van der Waals surface area contributed by atoms with Gasteiger partial charge in [-0.1, -0.05) is 26.0 Å². The molecule has 8 heteroatoms. The molecule has 0 radical (unpaired) electrons. The number of hydrazine groups is 1. The molecule has 26 heavy (non-hydrogen) atoms. The predicted octanol–water partition coefficient (Wildman–Crippen LogP) is 2.47. The van der Waals surface area contributed by atoms with E-state index in [0.29, 0.717) is 11.4 Å². The zero-order chi connectivity index (χ0) is 19.0. The summed E-state index contributed by atoms with van der Waals surface area (Å²) in [7, 11) is 0.267. The zero-order valence-electron chi connectivity index (χ0n) is 16.3. The van der Waals surface area contributed by atoms with Gasteiger partial charge in [-0.2, -0.15) is 5.17 Å². The van der Waals surface area contributed by atoms with Crippen molar-refractivity contribution < 1.29 is 4.62 Å². The number of nitrogens with zero attached hydrogens (tertiary/aromatic N) is 2. The summed E-state index contributed by atoms with van der Waals surface area (Å²) in [5.41, 5.74) is 7.12. The van der Waals surface area contributed by atoms with Crippen molar-refractivity contribution in [2.45, 2.75) is 39.5 Å². The lowest BCUT2D eigenvalue weighted by Gasteiger charge is -2.22. The van der Waals surface area contributed by atoms with Gasteiger partial charge in [0, 0.05) is 13.1 Å². The molecule has 6 N–H and O–H groups in total. The van der Waals surface area contributed by atoms with Gasteiger partial charge in [0.15, 0.2) is 0 Å². The van der Waals surface area contributed by atoms with E-state index in [1.165, 1.54) is 43.9 Å². The molecule has 1 atom stereocenters. The maximum Gasteiger partial charge on any atom is 0.124 e. The predicted molar refractivity (Wildman–Crippen MR) is 114 cm³/mol. The summed E-state index contributed by atoms with van der Waals surface area (Å²) in [5.74, 6) is 5.79. The minimum absolute atomic E-state index is 0.267. The van der Waals surface area contributed by atoms with Crippen molar-refractivity contribution in [1.29, 1.82) is 0 Å². The van der Waals surface area contributed by atoms with Gasteiger partial charge in [-0.05, 0) is 64.0 Å². The summed E-state index contributed by atoms with van der Waals surface area (Å²) >= 11 is 0. The third kappa shape index (κ3) is 10.3. The smallest absolute Gasteiger partial charge is 0.124 e. The van der Waals surface area contributed by atoms with Gasteiger partial charge in [0.25, 0.3) is 0 Å². The molecule has 150 valence electrons. The molecule has 7 nitrogen and oxygen atoms in total. The number of rotatable bonds is 6. The van der Waals surface area contributed by atoms with Gasteiger partial charge in [-0.3, -0.25) is 4.67 Å². The number of nitrogens with two attached hydrogens (primary N) is 2. The fourth-order valence-electron chi connectivity index (χ4n) is 2.52. The zero-order valence-corrected chi connectivity index (χ0v) is 17.3. The molecule has 3 rings (SSSR count). The highest BCUT2D eigenvalue weighted by atomic mass is 31.1. The first-order valence-electron chi connectivity index (χ1n) is 9.67. The van der Waals surface area contributed by atoms with Crippen LogP contribution in [0.5, 0.6) is 0 Å². The maximum absolute atomic E-state index is 5.79. The normalized spacial score (nSPS) is 16.9. The summed E-state index contributed by atoms with van der Waals surface area (Å²) in [6.45, 7) is 11.1. The molecule has 1 aromatic rings. The van der Waals surface area contributed by atoms with Crippen molar-refractivity contribution in [3.8, 4) is 0 Å². The molecule has 0 spiro atoms. The standard InChI is InChI=1S/C10H17N4OP.C4H9N.C4H11N/c11-9-5-1-2-6-10(9)14(12)15-16-13-7-3-4-8-13;1-2-4-5-3-1;1-3-5-4-2/h1-2,5-6,16H,3-4,7-8,11-12H2;5H,1-4H2;5H,3-4H2,1-2H3. The quantitative estimate of drug-likeness (QED) is 0.259. The van der Waals surface area contributed by atoms with E-state index < -0.39 is 0 Å². The monoisotopic (exact) mass is 384 g/mol. The summed E-state index contributed by atoms with van der Waals surface area (Å²) in [5, 5.41) is 7.59. The van der Waals surface area contributed by atoms with E-state index in [1.54, 1.807) is 6.07 Å². The van der Waals surface area contributed by atoms with Crippen LogP contribution in [0.2, 0.25) is 0 Å². The Morgan fingerprint density at radius 3 is 2.19 bits per heavy atom. The summed E-state index contributed by atoms with van der Waals surface area (Å²) in [6, 6.07) is 7.39. The van der Waals surface area contributed by atoms with Gasteiger partial charge < -0.3 is 16.4 Å². The van der Waals surface area contributed by atoms with Gasteiger partial charge >= 0.3 is 0 Å². The number of hydrogen-bond acceptors (Lipinski definition) is 7. The van der Waals surface area contributed by atoms with Crippen LogP contribution >= 0.6 is 8.96 Å². The molecular weight excluding hydrogens is 347 g/mol. The average molecular weight is 385 g/mol. The van der Waals surface area contributed by atoms with Crippen LogP contribution in [-0.2, 0) is 4.62 Å². The second kappa shape index (κ2) is 15.1. The fourth-order valence-corrected chi connectivity index (χ4v) is 3.32. The highest BCUT2D eigenvalue weighted by molar-refractivity contribution is 7.29. The van der Waals surface area contributed by atoms with Crippen molar-refractivity contribution in [3.63, 3.8) is 0 Å². The largest absolute Gasteiger partial charge is 0.397 e. The van der Waals surface area contributed by atoms with Crippen LogP contribution < -0.4 is 27.4 Å². The first-order chi connectivity index (χ1) is 12.7. The molecule has 0 saturated carbocycles. The van der Waals surface area contributed by atoms with E-state index in [-0.39, 0.29) is 8.96 Å². The molecule has 2 heterocycles. The van der Waals surface area contributed by atoms with Gasteiger partial charge in [0.1, 0.15) is 14.6 Å². The Kier molecular flexibility index (Phi) is 13.4. The molecule has 2 fully saturated rings. The van der Waals surface area contributed by atoms with Gasteiger partial charge in [-0.25, -0.2) is 10.5 Å². The third-order valence-electron chi connectivity index (χ3n) is 4.01. The third-order valence-corrected chi connectivity index (χ3v) is 4.99. The SMILES string of the molecule is C1CCNC1.CCNCC.Nc1ccccc1N(N)OPN1CCCC1. The molecular formula is C18H37N6OP. The van der Waals surface area contributed by atoms with Crippen molar-refractivity contribution >= 4 is 20.3 Å². The number of nitrogens with one attached hydrogen (secondary N) is 2. The van der Waals surface area contributed by atoms with E-state index in [1.807, 2.05) is 18.2 Å². The molecule has 0 bridgehead atoms. The van der Waals surface area contributed by atoms with Gasteiger partial charge in [0.05, 0.1) is 5.69 Å². The summed E-state index contributed by atoms with van der Waals surface area (Å²) < 4.78 is 7.73. The first kappa shape index (κ1) is 23.1. The summed E-state index contributed by atoms with van der Waals surface area (Å²) in [6.07, 6.45) is 5.27. The van der Waals surface area contributed by atoms with E-state index in [2.05, 4.69) is 29.2 Å². The van der Waals surface area contributed by atoms with Crippen LogP contribution in [0.3, 0.4) is 0 Å². The lowest BCUT2D eigenvalue weighted by atomic mass is 10.3. The van der Waals surface area contributed by atoms with Gasteiger partial charge in [-0.15, -0.1) is 0 Å². The molecule has 2 saturated heterocycles. The number of nitrogen functional groups attached to an aromatic ring is 1. The average Bonchev–Trinajstić information content (AvgIpc) is 3.38. The highest BCUT2D eigenvalue weighted by Gasteiger charge is 2.14. The molecule has 2 aliphatic heterocycles. The molecule has 0 aliphatic carbocycles. The van der Waals surface area contributed by atoms with Crippen molar-refractivity contribution in [2.24, 2.45) is 5.84 Å². The van der Waals surface area contributed by atoms with E-state index in [9.17, 15) is 0 Å². The second-order valence-corrected chi connectivity index (χ2v) is 7.17. The molecule has 1 unspecified atom stereocenters. The van der Waals surface area contributed by atoms with E-state index in [0.717, 1.165) is 26.2 Å². The van der Waals surface area contributed by atoms with Crippen LogP contribution in [0, 0.1) is 0 Å². The number of para-hydroxylation sites is 2. The second-order valence-electron chi connectivity index (χ2n) is 6.18. The Hall–Kier alpha value is -0.950. The van der Waals surface area contributed by atoms with Crippen LogP contribution in [0.1, 0.15) is 39.5 Å². The Morgan fingerprint density at radius 2 is 1.73 bits per heavy atom. The van der Waals surface area contributed by atoms with Crippen LogP contribution in [0.25, 0.3) is 0 Å². The molecule has 0 aromatic heterocycles. The minimum Gasteiger partial charge on any atom is -0.397 e. The van der Waals surface area contributed by atoms with Crippen molar-refractivity contribution in [3.05, 3.63) is 24.3 Å². The Bertz CT molecular complexity index is 445. The van der Waals surface area contributed by atoms with Crippen LogP contribution in [-0.4, -0.2) is 43.9 Å². The van der Waals surface area contributed by atoms with Gasteiger partial charge in [0.2, 0.25) is 0 Å². The fraction of sp³-hybridized carbons (Fsp3) is 0.667. The summed E-state index contributed by atoms with van der Waals surface area (Å²) in [4.78, 5) is 0. The topological polar surface area (TPSA) is 91.8 Å². The minimum atomic E-state index is 0.267. The Balaban J connectivity index is 0.000000277. The van der Waals surface area contributed by atoms with E-state index >= 15 is 0 Å². The molecule has 0 amide bonds. The molecule has 2 aliphatic rings. The van der Waals surface area contributed by atoms with E-state index in [4.69, 9.17) is 16.2 Å². The Labute approximate surface area is 160 Å². The lowest BCUT2D eigenvalue weighted by Crippen LogP contribution is -2.30. The lowest BCUT2D eigenvalue weighted by molar-refractivity contribution is 0.300. The van der Waals surface area contributed by atoms with Crippen LogP contribution in [0.15, 0.2) is 24.3 Å². The number of anilines is 2. The van der Waals surface area contributed by atoms with Crippen LogP contribution in [0.4, 0.5) is 11.4 Å². The Morgan fingerprint density at radius 1 is 1.12 bits per heavy atom. The number of benzene rings is 1. The molecule has 1 aromatic carbocycles. The van der Waals surface area contributed by atoms with Crippen molar-refractivity contribution in [2.75, 3.05) is 50.2 Å². The first-order valence-corrected chi connectivity index (χ1v) is 10.5. The highest BCUT2D eigenvalue weighted by Crippen LogP contribution is 2.29.